The summed E-state index contributed by atoms with van der Waals surface area (Å²) in [5, 5.41) is 0. The van der Waals surface area contributed by atoms with Crippen molar-refractivity contribution in [2.45, 2.75) is 12.0 Å². The summed E-state index contributed by atoms with van der Waals surface area (Å²) in [6, 6.07) is 12.0. The Hall–Kier alpha value is -1.91. The zero-order valence-electron chi connectivity index (χ0n) is 10.8. The average molecular weight is 276 g/mol. The standard InChI is InChI=1S/C15H12BF3O/c1-20-11-8-6-10(7-9-11)14(16)12-4-2-3-5-13(12)15(17,18)19/h2-9,14H,1H3. The molecule has 0 spiro atoms. The number of rotatable bonds is 3. The molecule has 0 heterocycles. The Kier molecular flexibility index (Phi) is 4.07. The van der Waals surface area contributed by atoms with E-state index in [1.165, 1.54) is 19.2 Å². The molecule has 0 N–H and O–H groups in total. The third kappa shape index (κ3) is 2.98. The predicted molar refractivity (Wildman–Crippen MR) is 72.0 cm³/mol. The van der Waals surface area contributed by atoms with Gasteiger partial charge in [0.2, 0.25) is 0 Å². The fourth-order valence-corrected chi connectivity index (χ4v) is 2.02. The molecule has 0 aliphatic carbocycles. The second kappa shape index (κ2) is 5.61. The van der Waals surface area contributed by atoms with Gasteiger partial charge in [0.1, 0.15) is 5.75 Å². The van der Waals surface area contributed by atoms with E-state index < -0.39 is 17.6 Å². The Bertz CT molecular complexity index is 578. The summed E-state index contributed by atoms with van der Waals surface area (Å²) in [6.07, 6.45) is -4.42. The lowest BCUT2D eigenvalue weighted by Crippen LogP contribution is -2.12. The molecule has 5 heteroatoms. The van der Waals surface area contributed by atoms with Crippen LogP contribution in [-0.4, -0.2) is 15.0 Å². The van der Waals surface area contributed by atoms with Gasteiger partial charge in [-0.25, -0.2) is 0 Å². The first-order valence-electron chi connectivity index (χ1n) is 5.99. The summed E-state index contributed by atoms with van der Waals surface area (Å²) in [5.74, 6) is -0.205. The minimum absolute atomic E-state index is 0.0603. The van der Waals surface area contributed by atoms with Crippen molar-refractivity contribution in [2.24, 2.45) is 0 Å². The second-order valence-corrected chi connectivity index (χ2v) is 4.34. The SMILES string of the molecule is [B]C(c1ccc(OC)cc1)c1ccccc1C(F)(F)F. The van der Waals surface area contributed by atoms with Crippen LogP contribution in [0.4, 0.5) is 13.2 Å². The Balaban J connectivity index is 2.40. The van der Waals surface area contributed by atoms with Crippen LogP contribution in [0.15, 0.2) is 48.5 Å². The van der Waals surface area contributed by atoms with E-state index in [2.05, 4.69) is 0 Å². The molecule has 20 heavy (non-hydrogen) atoms. The molecule has 2 aromatic rings. The summed E-state index contributed by atoms with van der Waals surface area (Å²) in [4.78, 5) is 0. The molecule has 0 aromatic heterocycles. The highest BCUT2D eigenvalue weighted by Crippen LogP contribution is 2.36. The van der Waals surface area contributed by atoms with E-state index in [-0.39, 0.29) is 5.56 Å². The molecule has 0 bridgehead atoms. The summed E-state index contributed by atoms with van der Waals surface area (Å²) in [6.45, 7) is 0. The number of halogens is 3. The lowest BCUT2D eigenvalue weighted by molar-refractivity contribution is -0.138. The Labute approximate surface area is 116 Å². The highest BCUT2D eigenvalue weighted by atomic mass is 19.4. The van der Waals surface area contributed by atoms with Crippen molar-refractivity contribution in [2.75, 3.05) is 7.11 Å². The number of hydrogen-bond acceptors (Lipinski definition) is 1. The minimum atomic E-state index is -4.42. The van der Waals surface area contributed by atoms with Crippen LogP contribution in [0.3, 0.4) is 0 Å². The molecule has 2 radical (unpaired) electrons. The Morgan fingerprint density at radius 3 is 2.15 bits per heavy atom. The van der Waals surface area contributed by atoms with Gasteiger partial charge in [-0.3, -0.25) is 0 Å². The third-order valence-electron chi connectivity index (χ3n) is 3.08. The molecule has 1 atom stereocenters. The van der Waals surface area contributed by atoms with E-state index in [0.717, 1.165) is 6.07 Å². The smallest absolute Gasteiger partial charge is 0.416 e. The fourth-order valence-electron chi connectivity index (χ4n) is 2.02. The molecule has 2 aromatic carbocycles. The highest BCUT2D eigenvalue weighted by Gasteiger charge is 2.34. The largest absolute Gasteiger partial charge is 0.497 e. The quantitative estimate of drug-likeness (QED) is 0.771. The summed E-state index contributed by atoms with van der Waals surface area (Å²) < 4.78 is 43.9. The van der Waals surface area contributed by atoms with E-state index in [9.17, 15) is 13.2 Å². The van der Waals surface area contributed by atoms with E-state index in [0.29, 0.717) is 11.3 Å². The number of ether oxygens (including phenoxy) is 1. The van der Waals surface area contributed by atoms with E-state index >= 15 is 0 Å². The van der Waals surface area contributed by atoms with Crippen LogP contribution >= 0.6 is 0 Å². The molecule has 1 unspecified atom stereocenters. The lowest BCUT2D eigenvalue weighted by Gasteiger charge is -2.19. The van der Waals surface area contributed by atoms with Crippen molar-refractivity contribution < 1.29 is 17.9 Å². The molecule has 2 rings (SSSR count). The zero-order valence-corrected chi connectivity index (χ0v) is 10.8. The van der Waals surface area contributed by atoms with Crippen molar-refractivity contribution in [3.63, 3.8) is 0 Å². The van der Waals surface area contributed by atoms with Crippen molar-refractivity contribution >= 4 is 7.85 Å². The van der Waals surface area contributed by atoms with Crippen LogP contribution in [0.5, 0.6) is 5.75 Å². The van der Waals surface area contributed by atoms with Gasteiger partial charge in [0.05, 0.1) is 20.5 Å². The van der Waals surface area contributed by atoms with E-state index in [4.69, 9.17) is 12.6 Å². The fraction of sp³-hybridized carbons (Fsp3) is 0.200. The lowest BCUT2D eigenvalue weighted by atomic mass is 9.74. The molecule has 0 saturated heterocycles. The molecule has 0 fully saturated rings. The Morgan fingerprint density at radius 1 is 1.00 bits per heavy atom. The maximum absolute atomic E-state index is 13.0. The van der Waals surface area contributed by atoms with E-state index in [1.807, 2.05) is 0 Å². The molecule has 0 saturated carbocycles. The van der Waals surface area contributed by atoms with Gasteiger partial charge >= 0.3 is 6.18 Å². The van der Waals surface area contributed by atoms with Crippen LogP contribution in [0.25, 0.3) is 0 Å². The second-order valence-electron chi connectivity index (χ2n) is 4.34. The van der Waals surface area contributed by atoms with Crippen LogP contribution in [0.1, 0.15) is 22.5 Å². The van der Waals surface area contributed by atoms with Gasteiger partial charge in [-0.1, -0.05) is 30.3 Å². The van der Waals surface area contributed by atoms with Gasteiger partial charge in [-0.05, 0) is 35.1 Å². The van der Waals surface area contributed by atoms with Gasteiger partial charge in [0.25, 0.3) is 0 Å². The van der Waals surface area contributed by atoms with Crippen LogP contribution in [-0.2, 0) is 6.18 Å². The maximum atomic E-state index is 13.0. The molecule has 0 aliphatic heterocycles. The van der Waals surface area contributed by atoms with E-state index in [1.54, 1.807) is 30.3 Å². The molecule has 102 valence electrons. The van der Waals surface area contributed by atoms with Gasteiger partial charge in [-0.2, -0.15) is 13.2 Å². The van der Waals surface area contributed by atoms with Gasteiger partial charge in [0.15, 0.2) is 0 Å². The minimum Gasteiger partial charge on any atom is -0.497 e. The first-order chi connectivity index (χ1) is 9.43. The molecular formula is C15H12BF3O. The van der Waals surface area contributed by atoms with Crippen LogP contribution in [0, 0.1) is 0 Å². The van der Waals surface area contributed by atoms with Crippen molar-refractivity contribution in [3.05, 3.63) is 65.2 Å². The van der Waals surface area contributed by atoms with Crippen molar-refractivity contribution in [1.82, 2.24) is 0 Å². The van der Waals surface area contributed by atoms with Crippen LogP contribution < -0.4 is 4.74 Å². The molecular weight excluding hydrogens is 264 g/mol. The predicted octanol–water partition coefficient (Wildman–Crippen LogP) is 3.97. The zero-order chi connectivity index (χ0) is 14.8. The number of alkyl halides is 3. The van der Waals surface area contributed by atoms with Gasteiger partial charge in [0, 0.05) is 0 Å². The number of benzene rings is 2. The van der Waals surface area contributed by atoms with Gasteiger partial charge in [-0.15, -0.1) is 0 Å². The highest BCUT2D eigenvalue weighted by molar-refractivity contribution is 6.14. The van der Waals surface area contributed by atoms with Crippen molar-refractivity contribution in [1.29, 1.82) is 0 Å². The molecule has 0 amide bonds. The molecule has 1 nitrogen and oxygen atoms in total. The molecule has 0 aliphatic rings. The van der Waals surface area contributed by atoms with Crippen molar-refractivity contribution in [3.8, 4) is 5.75 Å². The first-order valence-corrected chi connectivity index (χ1v) is 5.99. The maximum Gasteiger partial charge on any atom is 0.416 e. The van der Waals surface area contributed by atoms with Crippen LogP contribution in [0.2, 0.25) is 0 Å². The summed E-state index contributed by atoms with van der Waals surface area (Å²) in [5.41, 5.74) is -0.0454. The summed E-state index contributed by atoms with van der Waals surface area (Å²) >= 11 is 0. The Morgan fingerprint density at radius 2 is 1.60 bits per heavy atom. The number of methoxy groups -OCH3 is 1. The topological polar surface area (TPSA) is 9.23 Å². The average Bonchev–Trinajstić information content (AvgIpc) is 2.46. The first kappa shape index (κ1) is 14.5. The number of hydrogen-bond donors (Lipinski definition) is 0. The third-order valence-corrected chi connectivity index (χ3v) is 3.08. The monoisotopic (exact) mass is 276 g/mol. The van der Waals surface area contributed by atoms with Gasteiger partial charge < -0.3 is 4.74 Å². The normalized spacial score (nSPS) is 13.0. The summed E-state index contributed by atoms with van der Waals surface area (Å²) in [7, 11) is 7.49.